The summed E-state index contributed by atoms with van der Waals surface area (Å²) in [5.41, 5.74) is 1.11. The Bertz CT molecular complexity index is 274. The number of benzene rings is 1. The number of hydrogen-bond acceptors (Lipinski definition) is 3. The smallest absolute Gasteiger partial charge is 0.123 e. The molecule has 1 aromatic carbocycles. The molecule has 0 bridgehead atoms. The zero-order chi connectivity index (χ0) is 10.4. The Kier molecular flexibility index (Phi) is 4.43. The van der Waals surface area contributed by atoms with Gasteiger partial charge in [0.1, 0.15) is 5.75 Å². The van der Waals surface area contributed by atoms with Crippen LogP contribution in [-0.2, 0) is 6.54 Å². The van der Waals surface area contributed by atoms with Gasteiger partial charge in [0.25, 0.3) is 0 Å². The van der Waals surface area contributed by atoms with Crippen LogP contribution in [0.15, 0.2) is 24.3 Å². The Morgan fingerprint density at radius 3 is 2.79 bits per heavy atom. The minimum absolute atomic E-state index is 0.315. The van der Waals surface area contributed by atoms with Gasteiger partial charge in [-0.05, 0) is 13.0 Å². The molecule has 0 spiro atoms. The van der Waals surface area contributed by atoms with Gasteiger partial charge in [-0.2, -0.15) is 0 Å². The maximum atomic E-state index is 9.06. The summed E-state index contributed by atoms with van der Waals surface area (Å²) in [6, 6.07) is 7.85. The van der Waals surface area contributed by atoms with Gasteiger partial charge in [0, 0.05) is 18.7 Å². The highest BCUT2D eigenvalue weighted by atomic mass is 16.5. The fourth-order valence-electron chi connectivity index (χ4n) is 1.26. The number of methoxy groups -OCH3 is 1. The molecule has 0 saturated heterocycles. The van der Waals surface area contributed by atoms with Crippen LogP contribution in [0.2, 0.25) is 0 Å². The van der Waals surface area contributed by atoms with E-state index in [4.69, 9.17) is 9.84 Å². The van der Waals surface area contributed by atoms with Crippen molar-refractivity contribution >= 4 is 0 Å². The van der Waals surface area contributed by atoms with Crippen molar-refractivity contribution in [3.63, 3.8) is 0 Å². The number of aliphatic hydroxyl groups is 1. The van der Waals surface area contributed by atoms with Crippen LogP contribution in [0.5, 0.6) is 5.75 Å². The van der Waals surface area contributed by atoms with Crippen molar-refractivity contribution in [2.75, 3.05) is 13.7 Å². The number of aliphatic hydroxyl groups excluding tert-OH is 1. The van der Waals surface area contributed by atoms with Crippen LogP contribution in [-0.4, -0.2) is 24.9 Å². The van der Waals surface area contributed by atoms with Gasteiger partial charge >= 0.3 is 0 Å². The van der Waals surface area contributed by atoms with E-state index >= 15 is 0 Å². The van der Waals surface area contributed by atoms with E-state index in [0.717, 1.165) is 17.9 Å². The van der Waals surface area contributed by atoms with Crippen molar-refractivity contribution < 1.29 is 9.84 Å². The lowest BCUT2D eigenvalue weighted by Gasteiger charge is -2.10. The molecule has 3 nitrogen and oxygen atoms in total. The van der Waals surface area contributed by atoms with Crippen molar-refractivity contribution in [2.24, 2.45) is 0 Å². The normalized spacial score (nSPS) is 12.5. The third-order valence-corrected chi connectivity index (χ3v) is 1.95. The zero-order valence-electron chi connectivity index (χ0n) is 8.66. The first-order valence-electron chi connectivity index (χ1n) is 4.74. The Balaban J connectivity index is 2.49. The predicted octanol–water partition coefficient (Wildman–Crippen LogP) is 1.17. The predicted molar refractivity (Wildman–Crippen MR) is 56.4 cm³/mol. The fraction of sp³-hybridized carbons (Fsp3) is 0.455. The summed E-state index contributed by atoms with van der Waals surface area (Å²) in [7, 11) is 1.66. The lowest BCUT2D eigenvalue weighted by molar-refractivity contribution is 0.191. The van der Waals surface area contributed by atoms with Gasteiger partial charge in [0.2, 0.25) is 0 Å². The van der Waals surface area contributed by atoms with Crippen molar-refractivity contribution in [1.29, 1.82) is 0 Å². The fourth-order valence-corrected chi connectivity index (χ4v) is 1.26. The van der Waals surface area contributed by atoms with Crippen LogP contribution in [0.4, 0.5) is 0 Å². The molecular formula is C11H17NO2. The molecule has 78 valence electrons. The highest BCUT2D eigenvalue weighted by Gasteiger charge is 2.01. The number of hydrogen-bond donors (Lipinski definition) is 2. The minimum atomic E-state index is -0.315. The van der Waals surface area contributed by atoms with Gasteiger partial charge in [-0.3, -0.25) is 0 Å². The minimum Gasteiger partial charge on any atom is -0.496 e. The average molecular weight is 195 g/mol. The van der Waals surface area contributed by atoms with Gasteiger partial charge in [-0.15, -0.1) is 0 Å². The summed E-state index contributed by atoms with van der Waals surface area (Å²) < 4.78 is 5.20. The molecule has 0 aliphatic heterocycles. The molecule has 0 amide bonds. The molecule has 1 atom stereocenters. The summed E-state index contributed by atoms with van der Waals surface area (Å²) in [5.74, 6) is 0.880. The third kappa shape index (κ3) is 3.36. The molecule has 3 heteroatoms. The van der Waals surface area contributed by atoms with Gasteiger partial charge in [-0.1, -0.05) is 18.2 Å². The molecule has 0 aromatic heterocycles. The lowest BCUT2D eigenvalue weighted by atomic mass is 10.2. The molecule has 0 fully saturated rings. The van der Waals surface area contributed by atoms with Crippen molar-refractivity contribution in [3.05, 3.63) is 29.8 Å². The summed E-state index contributed by atoms with van der Waals surface area (Å²) in [4.78, 5) is 0. The molecule has 0 heterocycles. The Hall–Kier alpha value is -1.06. The van der Waals surface area contributed by atoms with E-state index in [0.29, 0.717) is 6.54 Å². The van der Waals surface area contributed by atoms with Crippen molar-refractivity contribution in [2.45, 2.75) is 19.6 Å². The largest absolute Gasteiger partial charge is 0.496 e. The highest BCUT2D eigenvalue weighted by molar-refractivity contribution is 5.32. The van der Waals surface area contributed by atoms with E-state index < -0.39 is 0 Å². The van der Waals surface area contributed by atoms with E-state index in [1.54, 1.807) is 14.0 Å². The van der Waals surface area contributed by atoms with Gasteiger partial charge in [0.05, 0.1) is 13.2 Å². The van der Waals surface area contributed by atoms with Crippen molar-refractivity contribution in [1.82, 2.24) is 5.32 Å². The summed E-state index contributed by atoms with van der Waals surface area (Å²) in [6.45, 7) is 3.07. The SMILES string of the molecule is COc1ccccc1CNC[C@H](C)O. The second-order valence-electron chi connectivity index (χ2n) is 3.29. The van der Waals surface area contributed by atoms with Crippen LogP contribution < -0.4 is 10.1 Å². The number of nitrogens with one attached hydrogen (secondary N) is 1. The zero-order valence-corrected chi connectivity index (χ0v) is 8.66. The summed E-state index contributed by atoms with van der Waals surface area (Å²) in [5, 5.41) is 12.2. The molecule has 1 aromatic rings. The maximum absolute atomic E-state index is 9.06. The molecule has 0 unspecified atom stereocenters. The molecular weight excluding hydrogens is 178 g/mol. The molecule has 0 radical (unpaired) electrons. The number of ether oxygens (including phenoxy) is 1. The average Bonchev–Trinajstić information content (AvgIpc) is 2.18. The molecule has 0 aliphatic carbocycles. The second kappa shape index (κ2) is 5.62. The van der Waals surface area contributed by atoms with Gasteiger partial charge in [0.15, 0.2) is 0 Å². The molecule has 0 saturated carbocycles. The summed E-state index contributed by atoms with van der Waals surface area (Å²) in [6.07, 6.45) is -0.315. The second-order valence-corrected chi connectivity index (χ2v) is 3.29. The van der Waals surface area contributed by atoms with E-state index in [9.17, 15) is 0 Å². The maximum Gasteiger partial charge on any atom is 0.123 e. The third-order valence-electron chi connectivity index (χ3n) is 1.95. The molecule has 14 heavy (non-hydrogen) atoms. The number of para-hydroxylation sites is 1. The highest BCUT2D eigenvalue weighted by Crippen LogP contribution is 2.16. The van der Waals surface area contributed by atoms with Gasteiger partial charge < -0.3 is 15.2 Å². The monoisotopic (exact) mass is 195 g/mol. The topological polar surface area (TPSA) is 41.5 Å². The van der Waals surface area contributed by atoms with E-state index in [1.165, 1.54) is 0 Å². The van der Waals surface area contributed by atoms with Gasteiger partial charge in [-0.25, -0.2) is 0 Å². The first kappa shape index (κ1) is 11.0. The molecule has 2 N–H and O–H groups in total. The molecule has 0 aliphatic rings. The molecule has 1 rings (SSSR count). The Labute approximate surface area is 84.7 Å². The summed E-state index contributed by atoms with van der Waals surface area (Å²) >= 11 is 0. The quantitative estimate of drug-likeness (QED) is 0.741. The van der Waals surface area contributed by atoms with E-state index in [2.05, 4.69) is 5.32 Å². The van der Waals surface area contributed by atoms with E-state index in [1.807, 2.05) is 24.3 Å². The lowest BCUT2D eigenvalue weighted by Crippen LogP contribution is -2.24. The standard InChI is InChI=1S/C11H17NO2/c1-9(13)7-12-8-10-5-3-4-6-11(10)14-2/h3-6,9,12-13H,7-8H2,1-2H3/t9-/m0/s1. The van der Waals surface area contributed by atoms with E-state index in [-0.39, 0.29) is 6.10 Å². The number of rotatable bonds is 5. The first-order chi connectivity index (χ1) is 6.74. The van der Waals surface area contributed by atoms with Crippen LogP contribution in [0.3, 0.4) is 0 Å². The first-order valence-corrected chi connectivity index (χ1v) is 4.74. The van der Waals surface area contributed by atoms with Crippen molar-refractivity contribution in [3.8, 4) is 5.75 Å². The van der Waals surface area contributed by atoms with Crippen LogP contribution in [0.25, 0.3) is 0 Å². The Morgan fingerprint density at radius 2 is 2.14 bits per heavy atom. The van der Waals surface area contributed by atoms with Crippen LogP contribution in [0, 0.1) is 0 Å². The Morgan fingerprint density at radius 1 is 1.43 bits per heavy atom. The van der Waals surface area contributed by atoms with Crippen LogP contribution in [0.1, 0.15) is 12.5 Å². The van der Waals surface area contributed by atoms with Crippen LogP contribution >= 0.6 is 0 Å².